The van der Waals surface area contributed by atoms with E-state index < -0.39 is 0 Å². The quantitative estimate of drug-likeness (QED) is 0.693. The first-order valence-electron chi connectivity index (χ1n) is 8.81. The molecule has 0 atom stereocenters. The van der Waals surface area contributed by atoms with E-state index in [1.807, 2.05) is 43.3 Å². The highest BCUT2D eigenvalue weighted by Gasteiger charge is 2.10. The van der Waals surface area contributed by atoms with Gasteiger partial charge >= 0.3 is 0 Å². The molecule has 0 aliphatic rings. The summed E-state index contributed by atoms with van der Waals surface area (Å²) in [6.07, 6.45) is 0. The van der Waals surface area contributed by atoms with Crippen LogP contribution in [0, 0.1) is 6.92 Å². The van der Waals surface area contributed by atoms with Crippen LogP contribution >= 0.6 is 0 Å². The smallest absolute Gasteiger partial charge is 0.272 e. The fourth-order valence-corrected chi connectivity index (χ4v) is 3.03. The van der Waals surface area contributed by atoms with Crippen LogP contribution < -0.4 is 5.32 Å². The number of carbonyl (C=O) groups excluding carboxylic acids is 1. The van der Waals surface area contributed by atoms with E-state index in [9.17, 15) is 4.79 Å². The van der Waals surface area contributed by atoms with Gasteiger partial charge in [0, 0.05) is 23.1 Å². The van der Waals surface area contributed by atoms with Crippen LogP contribution in [0.1, 0.15) is 35.5 Å². The largest absolute Gasteiger partial charge is 0.351 e. The van der Waals surface area contributed by atoms with Gasteiger partial charge in [0.25, 0.3) is 5.91 Å². The van der Waals surface area contributed by atoms with E-state index in [-0.39, 0.29) is 5.91 Å². The number of benzene rings is 2. The minimum atomic E-state index is -0.117. The topological polar surface area (TPSA) is 48.1 Å². The molecule has 0 saturated heterocycles. The molecule has 0 bridgehead atoms. The average Bonchev–Trinajstić information content (AvgIpc) is 3.03. The first-order chi connectivity index (χ1) is 12.1. The molecule has 0 unspecified atom stereocenters. The van der Waals surface area contributed by atoms with Crippen LogP contribution in [0.5, 0.6) is 0 Å². The summed E-state index contributed by atoms with van der Waals surface area (Å²) in [4.78, 5) is 18.1. The maximum absolute atomic E-state index is 12.6. The predicted octanol–water partition coefficient (Wildman–Crippen LogP) is 4.57. The third-order valence-corrected chi connectivity index (χ3v) is 4.51. The number of rotatable bonds is 6. The summed E-state index contributed by atoms with van der Waals surface area (Å²) < 4.78 is 0. The molecular weight excluding hydrogens is 310 g/mol. The fourth-order valence-electron chi connectivity index (χ4n) is 3.03. The van der Waals surface area contributed by atoms with Crippen molar-refractivity contribution in [2.45, 2.75) is 27.3 Å². The van der Waals surface area contributed by atoms with E-state index in [2.05, 4.69) is 41.2 Å². The number of hydrogen-bond acceptors (Lipinski definition) is 2. The van der Waals surface area contributed by atoms with Gasteiger partial charge in [0.15, 0.2) is 0 Å². The first-order valence-corrected chi connectivity index (χ1v) is 8.81. The van der Waals surface area contributed by atoms with Crippen LogP contribution in [0.15, 0.2) is 48.5 Å². The summed E-state index contributed by atoms with van der Waals surface area (Å²) in [7, 11) is 0. The van der Waals surface area contributed by atoms with Gasteiger partial charge in [-0.15, -0.1) is 0 Å². The Hall–Kier alpha value is -2.59. The Labute approximate surface area is 148 Å². The molecule has 0 fully saturated rings. The Morgan fingerprint density at radius 1 is 1.08 bits per heavy atom. The number of carbonyl (C=O) groups is 1. The second-order valence-electron chi connectivity index (χ2n) is 6.39. The molecule has 3 rings (SSSR count). The van der Waals surface area contributed by atoms with Crippen molar-refractivity contribution in [3.8, 4) is 0 Å². The minimum absolute atomic E-state index is 0.117. The monoisotopic (exact) mass is 335 g/mol. The van der Waals surface area contributed by atoms with Crippen LogP contribution in [0.3, 0.4) is 0 Å². The highest BCUT2D eigenvalue weighted by atomic mass is 16.1. The zero-order chi connectivity index (χ0) is 17.8. The number of aromatic amines is 1. The number of amides is 1. The van der Waals surface area contributed by atoms with Crippen LogP contribution in [-0.4, -0.2) is 28.9 Å². The van der Waals surface area contributed by atoms with Gasteiger partial charge in [0.05, 0.1) is 0 Å². The standard InChI is InChI=1S/C21H25N3O/c1-4-24(5-2)14-16-7-6-8-18(12-16)22-21(25)20-13-17-11-15(3)9-10-19(17)23-20/h6-13,23H,4-5,14H2,1-3H3,(H,22,25). The molecule has 4 nitrogen and oxygen atoms in total. The van der Waals surface area contributed by atoms with Crippen LogP contribution in [0.2, 0.25) is 0 Å². The number of H-pyrrole nitrogens is 1. The van der Waals surface area contributed by atoms with Crippen molar-refractivity contribution < 1.29 is 4.79 Å². The normalized spacial score (nSPS) is 11.2. The second kappa shape index (κ2) is 7.53. The van der Waals surface area contributed by atoms with Crippen LogP contribution in [-0.2, 0) is 6.54 Å². The van der Waals surface area contributed by atoms with E-state index in [0.29, 0.717) is 5.69 Å². The van der Waals surface area contributed by atoms with Crippen molar-refractivity contribution in [2.24, 2.45) is 0 Å². The third-order valence-electron chi connectivity index (χ3n) is 4.51. The van der Waals surface area contributed by atoms with Gasteiger partial charge in [-0.1, -0.05) is 37.6 Å². The molecular formula is C21H25N3O. The second-order valence-corrected chi connectivity index (χ2v) is 6.39. The molecule has 0 aliphatic heterocycles. The van der Waals surface area contributed by atoms with E-state index in [0.717, 1.165) is 36.2 Å². The van der Waals surface area contributed by atoms with Crippen molar-refractivity contribution in [2.75, 3.05) is 18.4 Å². The molecule has 4 heteroatoms. The maximum Gasteiger partial charge on any atom is 0.272 e. The van der Waals surface area contributed by atoms with Gasteiger partial charge in [-0.3, -0.25) is 9.69 Å². The minimum Gasteiger partial charge on any atom is -0.351 e. The van der Waals surface area contributed by atoms with Crippen LogP contribution in [0.4, 0.5) is 5.69 Å². The molecule has 1 amide bonds. The lowest BCUT2D eigenvalue weighted by molar-refractivity contribution is 0.102. The Morgan fingerprint density at radius 3 is 2.64 bits per heavy atom. The lowest BCUT2D eigenvalue weighted by Gasteiger charge is -2.18. The third kappa shape index (κ3) is 4.09. The van der Waals surface area contributed by atoms with Gasteiger partial charge in [0.1, 0.15) is 5.69 Å². The van der Waals surface area contributed by atoms with Gasteiger partial charge in [-0.25, -0.2) is 0 Å². The summed E-state index contributed by atoms with van der Waals surface area (Å²) in [5.74, 6) is -0.117. The Bertz CT molecular complexity index is 878. The van der Waals surface area contributed by atoms with Gasteiger partial charge in [-0.05, 0) is 55.9 Å². The van der Waals surface area contributed by atoms with Gasteiger partial charge < -0.3 is 10.3 Å². The number of hydrogen-bond donors (Lipinski definition) is 2. The molecule has 3 aromatic rings. The lowest BCUT2D eigenvalue weighted by Crippen LogP contribution is -2.22. The number of anilines is 1. The SMILES string of the molecule is CCN(CC)Cc1cccc(NC(=O)c2cc3cc(C)ccc3[nH]2)c1. The molecule has 2 N–H and O–H groups in total. The predicted molar refractivity (Wildman–Crippen MR) is 104 cm³/mol. The maximum atomic E-state index is 12.6. The molecule has 0 spiro atoms. The lowest BCUT2D eigenvalue weighted by atomic mass is 10.1. The highest BCUT2D eigenvalue weighted by Crippen LogP contribution is 2.19. The highest BCUT2D eigenvalue weighted by molar-refractivity contribution is 6.06. The fraction of sp³-hybridized carbons (Fsp3) is 0.286. The molecule has 0 saturated carbocycles. The van der Waals surface area contributed by atoms with Crippen molar-refractivity contribution in [3.05, 3.63) is 65.4 Å². The molecule has 2 aromatic carbocycles. The Kier molecular flexibility index (Phi) is 5.19. The van der Waals surface area contributed by atoms with E-state index in [4.69, 9.17) is 0 Å². The molecule has 0 radical (unpaired) electrons. The van der Waals surface area contributed by atoms with Crippen molar-refractivity contribution in [3.63, 3.8) is 0 Å². The zero-order valence-corrected chi connectivity index (χ0v) is 15.1. The number of nitrogens with zero attached hydrogens (tertiary/aromatic N) is 1. The van der Waals surface area contributed by atoms with Gasteiger partial charge in [0.2, 0.25) is 0 Å². The summed E-state index contributed by atoms with van der Waals surface area (Å²) in [6.45, 7) is 9.29. The summed E-state index contributed by atoms with van der Waals surface area (Å²) >= 11 is 0. The summed E-state index contributed by atoms with van der Waals surface area (Å²) in [5, 5.41) is 4.05. The average molecular weight is 335 g/mol. The van der Waals surface area contributed by atoms with Crippen molar-refractivity contribution >= 4 is 22.5 Å². The van der Waals surface area contributed by atoms with Gasteiger partial charge in [-0.2, -0.15) is 0 Å². The molecule has 1 heterocycles. The van der Waals surface area contributed by atoms with E-state index >= 15 is 0 Å². The van der Waals surface area contributed by atoms with Crippen LogP contribution in [0.25, 0.3) is 10.9 Å². The number of aryl methyl sites for hydroxylation is 1. The van der Waals surface area contributed by atoms with Crippen molar-refractivity contribution in [1.82, 2.24) is 9.88 Å². The molecule has 1 aromatic heterocycles. The summed E-state index contributed by atoms with van der Waals surface area (Å²) in [6, 6.07) is 16.1. The number of aromatic nitrogens is 1. The molecule has 25 heavy (non-hydrogen) atoms. The zero-order valence-electron chi connectivity index (χ0n) is 15.1. The van der Waals surface area contributed by atoms with E-state index in [1.54, 1.807) is 0 Å². The Morgan fingerprint density at radius 2 is 1.88 bits per heavy atom. The Balaban J connectivity index is 1.75. The number of fused-ring (bicyclic) bond motifs is 1. The van der Waals surface area contributed by atoms with E-state index in [1.165, 1.54) is 11.1 Å². The number of nitrogens with one attached hydrogen (secondary N) is 2. The molecule has 130 valence electrons. The molecule has 0 aliphatic carbocycles. The van der Waals surface area contributed by atoms with Crippen molar-refractivity contribution in [1.29, 1.82) is 0 Å². The summed E-state index contributed by atoms with van der Waals surface area (Å²) in [5.41, 5.74) is 4.77. The first kappa shape index (κ1) is 17.2.